The Kier molecular flexibility index (Phi) is 4.97. The van der Waals surface area contributed by atoms with Gasteiger partial charge in [-0.1, -0.05) is 45.2 Å². The topological polar surface area (TPSA) is 35.2 Å². The minimum absolute atomic E-state index is 0.336. The van der Waals surface area contributed by atoms with Gasteiger partial charge in [-0.25, -0.2) is 0 Å². The number of methoxy groups -OCH3 is 1. The van der Waals surface area contributed by atoms with Crippen LogP contribution in [-0.2, 0) is 0 Å². The van der Waals surface area contributed by atoms with E-state index >= 15 is 0 Å². The molecule has 0 bridgehead atoms. The summed E-state index contributed by atoms with van der Waals surface area (Å²) >= 11 is 15.5. The van der Waals surface area contributed by atoms with Gasteiger partial charge in [-0.2, -0.15) is 0 Å². The monoisotopic (exact) mass is 373 g/mol. The molecule has 106 valence electrons. The average molecular weight is 375 g/mol. The molecular weight excluding hydrogens is 361 g/mol. The second-order valence-electron chi connectivity index (χ2n) is 4.49. The maximum absolute atomic E-state index is 6.33. The molecule has 2 nitrogen and oxygen atoms in total. The summed E-state index contributed by atoms with van der Waals surface area (Å²) in [6, 6.07) is 8.98. The average Bonchev–Trinajstić information content (AvgIpc) is 2.43. The molecule has 20 heavy (non-hydrogen) atoms. The molecule has 0 radical (unpaired) electrons. The van der Waals surface area contributed by atoms with Crippen LogP contribution < -0.4 is 10.5 Å². The zero-order chi connectivity index (χ0) is 14.9. The Hall–Kier alpha value is -0.740. The molecule has 0 fully saturated rings. The molecule has 5 heteroatoms. The van der Waals surface area contributed by atoms with Crippen molar-refractivity contribution in [2.24, 2.45) is 5.73 Å². The van der Waals surface area contributed by atoms with Crippen molar-refractivity contribution in [1.82, 2.24) is 0 Å². The molecule has 0 spiro atoms. The van der Waals surface area contributed by atoms with E-state index in [4.69, 9.17) is 33.7 Å². The predicted molar refractivity (Wildman–Crippen MR) is 87.9 cm³/mol. The first kappa shape index (κ1) is 15.6. The number of hydrogen-bond donors (Lipinski definition) is 1. The summed E-state index contributed by atoms with van der Waals surface area (Å²) in [5.74, 6) is 0.754. The molecule has 2 N–H and O–H groups in total. The van der Waals surface area contributed by atoms with Crippen molar-refractivity contribution in [2.75, 3.05) is 7.11 Å². The lowest BCUT2D eigenvalue weighted by Gasteiger charge is -2.18. The number of aryl methyl sites for hydroxylation is 1. The maximum Gasteiger partial charge on any atom is 0.124 e. The Morgan fingerprint density at radius 1 is 1.15 bits per heavy atom. The number of rotatable bonds is 3. The van der Waals surface area contributed by atoms with E-state index in [0.29, 0.717) is 10.0 Å². The van der Waals surface area contributed by atoms with E-state index in [1.165, 1.54) is 0 Å². The highest BCUT2D eigenvalue weighted by atomic mass is 79.9. The molecule has 2 aromatic carbocycles. The van der Waals surface area contributed by atoms with Gasteiger partial charge in [-0.15, -0.1) is 0 Å². The van der Waals surface area contributed by atoms with Gasteiger partial charge < -0.3 is 10.5 Å². The molecule has 2 aromatic rings. The highest BCUT2D eigenvalue weighted by Crippen LogP contribution is 2.34. The van der Waals surface area contributed by atoms with Crippen LogP contribution in [0.25, 0.3) is 0 Å². The molecule has 0 saturated carbocycles. The van der Waals surface area contributed by atoms with Crippen molar-refractivity contribution >= 4 is 39.1 Å². The molecule has 0 aliphatic carbocycles. The lowest BCUT2D eigenvalue weighted by Crippen LogP contribution is -2.13. The number of halogens is 3. The van der Waals surface area contributed by atoms with Gasteiger partial charge in [0.05, 0.1) is 23.2 Å². The van der Waals surface area contributed by atoms with E-state index in [-0.39, 0.29) is 6.04 Å². The standard InChI is InChI=1S/C15H14BrCl2NO/c1-8-5-14(20-2)10(7-11(8)16)15(19)9-3-4-12(17)13(18)6-9/h3-7,15H,19H2,1-2H3. The van der Waals surface area contributed by atoms with E-state index in [9.17, 15) is 0 Å². The summed E-state index contributed by atoms with van der Waals surface area (Å²) in [5.41, 5.74) is 9.19. The lowest BCUT2D eigenvalue weighted by molar-refractivity contribution is 0.407. The van der Waals surface area contributed by atoms with Crippen LogP contribution in [0.15, 0.2) is 34.8 Å². The van der Waals surface area contributed by atoms with Crippen LogP contribution in [-0.4, -0.2) is 7.11 Å². The quantitative estimate of drug-likeness (QED) is 0.808. The van der Waals surface area contributed by atoms with Gasteiger partial charge in [0, 0.05) is 10.0 Å². The first-order valence-electron chi connectivity index (χ1n) is 5.98. The smallest absolute Gasteiger partial charge is 0.124 e. The van der Waals surface area contributed by atoms with Crippen LogP contribution in [0.4, 0.5) is 0 Å². The SMILES string of the molecule is COc1cc(C)c(Br)cc1C(N)c1ccc(Cl)c(Cl)c1. The highest BCUT2D eigenvalue weighted by Gasteiger charge is 2.16. The Labute approximate surface area is 137 Å². The summed E-state index contributed by atoms with van der Waals surface area (Å²) in [5, 5.41) is 1.00. The second-order valence-corrected chi connectivity index (χ2v) is 6.16. The third-order valence-electron chi connectivity index (χ3n) is 3.15. The van der Waals surface area contributed by atoms with E-state index < -0.39 is 0 Å². The normalized spacial score (nSPS) is 12.3. The van der Waals surface area contributed by atoms with Crippen LogP contribution in [0, 0.1) is 6.92 Å². The van der Waals surface area contributed by atoms with E-state index in [1.54, 1.807) is 19.2 Å². The minimum Gasteiger partial charge on any atom is -0.496 e. The van der Waals surface area contributed by atoms with Gasteiger partial charge in [-0.3, -0.25) is 0 Å². The summed E-state index contributed by atoms with van der Waals surface area (Å²) in [6.45, 7) is 2.00. The Morgan fingerprint density at radius 2 is 1.85 bits per heavy atom. The highest BCUT2D eigenvalue weighted by molar-refractivity contribution is 9.10. The fraction of sp³-hybridized carbons (Fsp3) is 0.200. The first-order valence-corrected chi connectivity index (χ1v) is 7.53. The van der Waals surface area contributed by atoms with Gasteiger partial charge in [-0.05, 0) is 42.3 Å². The Bertz CT molecular complexity index is 646. The van der Waals surface area contributed by atoms with Crippen LogP contribution in [0.2, 0.25) is 10.0 Å². The van der Waals surface area contributed by atoms with Crippen molar-refractivity contribution < 1.29 is 4.74 Å². The van der Waals surface area contributed by atoms with Crippen molar-refractivity contribution in [1.29, 1.82) is 0 Å². The van der Waals surface area contributed by atoms with Crippen molar-refractivity contribution in [3.8, 4) is 5.75 Å². The third-order valence-corrected chi connectivity index (χ3v) is 4.74. The molecule has 1 atom stereocenters. The summed E-state index contributed by atoms with van der Waals surface area (Å²) in [6.07, 6.45) is 0. The molecule has 1 unspecified atom stereocenters. The van der Waals surface area contributed by atoms with Gasteiger partial charge in [0.15, 0.2) is 0 Å². The van der Waals surface area contributed by atoms with Crippen molar-refractivity contribution in [3.63, 3.8) is 0 Å². The molecule has 0 saturated heterocycles. The molecule has 0 amide bonds. The molecule has 0 aliphatic heterocycles. The predicted octanol–water partition coefficient (Wildman–Crippen LogP) is 5.12. The Balaban J connectivity index is 2.49. The number of nitrogens with two attached hydrogens (primary N) is 1. The van der Waals surface area contributed by atoms with E-state index in [1.807, 2.05) is 25.1 Å². The first-order chi connectivity index (χ1) is 9.43. The fourth-order valence-corrected chi connectivity index (χ4v) is 2.64. The molecule has 0 aromatic heterocycles. The summed E-state index contributed by atoms with van der Waals surface area (Å²) < 4.78 is 6.41. The lowest BCUT2D eigenvalue weighted by atomic mass is 9.97. The number of hydrogen-bond acceptors (Lipinski definition) is 2. The minimum atomic E-state index is -0.336. The van der Waals surface area contributed by atoms with Crippen molar-refractivity contribution in [2.45, 2.75) is 13.0 Å². The van der Waals surface area contributed by atoms with E-state index in [2.05, 4.69) is 15.9 Å². The summed E-state index contributed by atoms with van der Waals surface area (Å²) in [4.78, 5) is 0. The summed E-state index contributed by atoms with van der Waals surface area (Å²) in [7, 11) is 1.63. The van der Waals surface area contributed by atoms with Gasteiger partial charge in [0.1, 0.15) is 5.75 Å². The molecule has 0 aliphatic rings. The zero-order valence-corrected chi connectivity index (χ0v) is 14.2. The van der Waals surface area contributed by atoms with Crippen LogP contribution in [0.1, 0.15) is 22.7 Å². The Morgan fingerprint density at radius 3 is 2.45 bits per heavy atom. The van der Waals surface area contributed by atoms with Gasteiger partial charge in [0.2, 0.25) is 0 Å². The van der Waals surface area contributed by atoms with E-state index in [0.717, 1.165) is 26.9 Å². The van der Waals surface area contributed by atoms with Crippen LogP contribution in [0.5, 0.6) is 5.75 Å². The molecular formula is C15H14BrCl2NO. The largest absolute Gasteiger partial charge is 0.496 e. The third kappa shape index (κ3) is 3.12. The zero-order valence-electron chi connectivity index (χ0n) is 11.1. The molecule has 2 rings (SSSR count). The second kappa shape index (κ2) is 6.35. The fourth-order valence-electron chi connectivity index (χ4n) is 1.98. The van der Waals surface area contributed by atoms with Crippen molar-refractivity contribution in [3.05, 3.63) is 61.5 Å². The van der Waals surface area contributed by atoms with Crippen LogP contribution in [0.3, 0.4) is 0 Å². The van der Waals surface area contributed by atoms with Gasteiger partial charge >= 0.3 is 0 Å². The number of ether oxygens (including phenoxy) is 1. The van der Waals surface area contributed by atoms with Gasteiger partial charge in [0.25, 0.3) is 0 Å². The maximum atomic E-state index is 6.33. The number of benzene rings is 2. The van der Waals surface area contributed by atoms with Crippen LogP contribution >= 0.6 is 39.1 Å². The molecule has 0 heterocycles.